The summed E-state index contributed by atoms with van der Waals surface area (Å²) in [6, 6.07) is 16.2. The van der Waals surface area contributed by atoms with Gasteiger partial charge in [-0.3, -0.25) is 10.2 Å². The lowest BCUT2D eigenvalue weighted by Gasteiger charge is -2.19. The first-order valence-electron chi connectivity index (χ1n) is 10.3. The monoisotopic (exact) mass is 396 g/mol. The molecule has 0 bridgehead atoms. The van der Waals surface area contributed by atoms with Crippen LogP contribution in [-0.4, -0.2) is 33.2 Å². The zero-order valence-electron chi connectivity index (χ0n) is 17.6. The summed E-state index contributed by atoms with van der Waals surface area (Å²) < 4.78 is 5.73. The third kappa shape index (κ3) is 5.71. The van der Waals surface area contributed by atoms with Crippen molar-refractivity contribution in [2.24, 2.45) is 5.92 Å². The van der Waals surface area contributed by atoms with E-state index in [9.17, 15) is 4.79 Å². The summed E-state index contributed by atoms with van der Waals surface area (Å²) in [4.78, 5) is 14.9. The molecular weight excluding hydrogens is 364 g/mol. The Labute approximate surface area is 173 Å². The highest BCUT2D eigenvalue weighted by Crippen LogP contribution is 2.27. The standard InChI is InChI=1S/C23H32N4O2/c1-4-5-14-29-20-12-8-18(9-13-20)22-21(16-25-26-22)23(28)24-15-17-6-10-19(11-7-17)27(2)3/h6-13,21-22,25-26H,4-5,14-16H2,1-3H3,(H,24,28). The SMILES string of the molecule is CCCCOc1ccc(C2NNCC2C(=O)NCc2ccc(N(C)C)cc2)cc1. The van der Waals surface area contributed by atoms with Gasteiger partial charge in [-0.1, -0.05) is 37.6 Å². The lowest BCUT2D eigenvalue weighted by molar-refractivity contribution is -0.125. The molecule has 3 N–H and O–H groups in total. The Morgan fingerprint density at radius 3 is 2.52 bits per heavy atom. The predicted molar refractivity (Wildman–Crippen MR) is 117 cm³/mol. The van der Waals surface area contributed by atoms with E-state index in [-0.39, 0.29) is 17.9 Å². The van der Waals surface area contributed by atoms with Crippen molar-refractivity contribution in [3.8, 4) is 5.75 Å². The van der Waals surface area contributed by atoms with Gasteiger partial charge in [-0.05, 0) is 41.8 Å². The molecule has 1 saturated heterocycles. The number of carbonyl (C=O) groups excluding carboxylic acids is 1. The molecule has 2 unspecified atom stereocenters. The van der Waals surface area contributed by atoms with Gasteiger partial charge in [-0.15, -0.1) is 0 Å². The van der Waals surface area contributed by atoms with Crippen LogP contribution in [0.15, 0.2) is 48.5 Å². The van der Waals surface area contributed by atoms with E-state index in [1.54, 1.807) is 0 Å². The molecule has 1 amide bonds. The molecule has 0 aromatic heterocycles. The normalized spacial score (nSPS) is 18.4. The smallest absolute Gasteiger partial charge is 0.226 e. The number of hydrogen-bond acceptors (Lipinski definition) is 5. The summed E-state index contributed by atoms with van der Waals surface area (Å²) in [6.07, 6.45) is 2.17. The van der Waals surface area contributed by atoms with E-state index in [0.717, 1.165) is 42.0 Å². The molecule has 6 nitrogen and oxygen atoms in total. The van der Waals surface area contributed by atoms with Crippen LogP contribution in [0.25, 0.3) is 0 Å². The Kier molecular flexibility index (Phi) is 7.49. The molecule has 6 heteroatoms. The third-order valence-electron chi connectivity index (χ3n) is 5.24. The second-order valence-electron chi connectivity index (χ2n) is 7.66. The molecule has 29 heavy (non-hydrogen) atoms. The summed E-state index contributed by atoms with van der Waals surface area (Å²) in [7, 11) is 4.03. The highest BCUT2D eigenvalue weighted by Gasteiger charge is 2.33. The van der Waals surface area contributed by atoms with Crippen molar-refractivity contribution in [1.29, 1.82) is 0 Å². The Morgan fingerprint density at radius 1 is 1.14 bits per heavy atom. The first kappa shape index (κ1) is 21.1. The minimum atomic E-state index is -0.164. The molecule has 3 rings (SSSR count). The van der Waals surface area contributed by atoms with Crippen molar-refractivity contribution in [3.05, 3.63) is 59.7 Å². The van der Waals surface area contributed by atoms with Crippen molar-refractivity contribution in [3.63, 3.8) is 0 Å². The van der Waals surface area contributed by atoms with Crippen molar-refractivity contribution in [2.45, 2.75) is 32.4 Å². The van der Waals surface area contributed by atoms with Crippen LogP contribution in [-0.2, 0) is 11.3 Å². The van der Waals surface area contributed by atoms with E-state index >= 15 is 0 Å². The van der Waals surface area contributed by atoms with E-state index in [2.05, 4.69) is 52.3 Å². The van der Waals surface area contributed by atoms with Crippen LogP contribution >= 0.6 is 0 Å². The molecule has 1 aliphatic rings. The fraction of sp³-hybridized carbons (Fsp3) is 0.435. The quantitative estimate of drug-likeness (QED) is 0.569. The van der Waals surface area contributed by atoms with E-state index < -0.39 is 0 Å². The second kappa shape index (κ2) is 10.3. The van der Waals surface area contributed by atoms with Gasteiger partial charge >= 0.3 is 0 Å². The van der Waals surface area contributed by atoms with Crippen LogP contribution in [0.2, 0.25) is 0 Å². The lowest BCUT2D eigenvalue weighted by atomic mass is 9.94. The van der Waals surface area contributed by atoms with Gasteiger partial charge < -0.3 is 15.0 Å². The minimum absolute atomic E-state index is 0.0486. The largest absolute Gasteiger partial charge is 0.494 e. The number of nitrogens with one attached hydrogen (secondary N) is 3. The number of benzene rings is 2. The molecule has 0 radical (unpaired) electrons. The average molecular weight is 397 g/mol. The van der Waals surface area contributed by atoms with E-state index in [1.807, 2.05) is 38.4 Å². The fourth-order valence-electron chi connectivity index (χ4n) is 3.39. The minimum Gasteiger partial charge on any atom is -0.494 e. The number of rotatable bonds is 9. The fourth-order valence-corrected chi connectivity index (χ4v) is 3.39. The Balaban J connectivity index is 1.56. The highest BCUT2D eigenvalue weighted by molar-refractivity contribution is 5.80. The van der Waals surface area contributed by atoms with E-state index in [0.29, 0.717) is 13.1 Å². The maximum absolute atomic E-state index is 12.8. The summed E-state index contributed by atoms with van der Waals surface area (Å²) in [5.74, 6) is 0.755. The number of hydrazine groups is 1. The van der Waals surface area contributed by atoms with Crippen molar-refractivity contribution < 1.29 is 9.53 Å². The first-order valence-corrected chi connectivity index (χ1v) is 10.3. The number of ether oxygens (including phenoxy) is 1. The van der Waals surface area contributed by atoms with Gasteiger partial charge in [-0.2, -0.15) is 0 Å². The number of nitrogens with zero attached hydrogens (tertiary/aromatic N) is 1. The van der Waals surface area contributed by atoms with Crippen molar-refractivity contribution in [1.82, 2.24) is 16.2 Å². The van der Waals surface area contributed by atoms with Gasteiger partial charge in [0.05, 0.1) is 18.6 Å². The maximum Gasteiger partial charge on any atom is 0.226 e. The van der Waals surface area contributed by atoms with Crippen molar-refractivity contribution in [2.75, 3.05) is 32.1 Å². The molecular formula is C23H32N4O2. The average Bonchev–Trinajstić information content (AvgIpc) is 3.23. The summed E-state index contributed by atoms with van der Waals surface area (Å²) in [6.45, 7) is 4.01. The number of amides is 1. The molecule has 2 aromatic carbocycles. The molecule has 2 aromatic rings. The van der Waals surface area contributed by atoms with Gasteiger partial charge in [-0.25, -0.2) is 5.43 Å². The number of hydrogen-bond donors (Lipinski definition) is 3. The molecule has 1 fully saturated rings. The Bertz CT molecular complexity index is 774. The second-order valence-corrected chi connectivity index (χ2v) is 7.66. The number of anilines is 1. The van der Waals surface area contributed by atoms with Gasteiger partial charge in [0.25, 0.3) is 0 Å². The molecule has 0 saturated carbocycles. The molecule has 0 aliphatic carbocycles. The van der Waals surface area contributed by atoms with Crippen LogP contribution in [0.4, 0.5) is 5.69 Å². The van der Waals surface area contributed by atoms with Gasteiger partial charge in [0.1, 0.15) is 5.75 Å². The first-order chi connectivity index (χ1) is 14.1. The summed E-state index contributed by atoms with van der Waals surface area (Å²) in [5.41, 5.74) is 9.68. The van der Waals surface area contributed by atoms with Crippen LogP contribution in [0.1, 0.15) is 36.9 Å². The zero-order valence-corrected chi connectivity index (χ0v) is 17.6. The van der Waals surface area contributed by atoms with E-state index in [1.165, 1.54) is 0 Å². The van der Waals surface area contributed by atoms with Gasteiger partial charge in [0, 0.05) is 32.9 Å². The third-order valence-corrected chi connectivity index (χ3v) is 5.24. The van der Waals surface area contributed by atoms with Crippen LogP contribution < -0.4 is 25.8 Å². The Morgan fingerprint density at radius 2 is 1.86 bits per heavy atom. The van der Waals surface area contributed by atoms with Crippen LogP contribution in [0.5, 0.6) is 5.75 Å². The van der Waals surface area contributed by atoms with E-state index in [4.69, 9.17) is 4.74 Å². The maximum atomic E-state index is 12.8. The molecule has 156 valence electrons. The topological polar surface area (TPSA) is 65.6 Å². The molecule has 1 heterocycles. The molecule has 1 aliphatic heterocycles. The number of unbranched alkanes of at least 4 members (excludes halogenated alkanes) is 1. The highest BCUT2D eigenvalue weighted by atomic mass is 16.5. The number of carbonyl (C=O) groups is 1. The molecule has 2 atom stereocenters. The van der Waals surface area contributed by atoms with Crippen LogP contribution in [0, 0.1) is 5.92 Å². The van der Waals surface area contributed by atoms with Gasteiger partial charge in [0.2, 0.25) is 5.91 Å². The van der Waals surface area contributed by atoms with Gasteiger partial charge in [0.15, 0.2) is 0 Å². The Hall–Kier alpha value is -2.57. The zero-order chi connectivity index (χ0) is 20.6. The van der Waals surface area contributed by atoms with Crippen LogP contribution in [0.3, 0.4) is 0 Å². The van der Waals surface area contributed by atoms with Crippen molar-refractivity contribution >= 4 is 11.6 Å². The summed E-state index contributed by atoms with van der Waals surface area (Å²) in [5, 5.41) is 3.08. The predicted octanol–water partition coefficient (Wildman–Crippen LogP) is 3.01. The summed E-state index contributed by atoms with van der Waals surface area (Å²) >= 11 is 0. The lowest BCUT2D eigenvalue weighted by Crippen LogP contribution is -2.34. The molecule has 0 spiro atoms.